The van der Waals surface area contributed by atoms with Gasteiger partial charge < -0.3 is 0 Å². The lowest BCUT2D eigenvalue weighted by Crippen LogP contribution is -2.01. The average Bonchev–Trinajstić information content (AvgIpc) is 3.48. The van der Waals surface area contributed by atoms with Crippen molar-refractivity contribution in [3.63, 3.8) is 0 Å². The van der Waals surface area contributed by atoms with E-state index < -0.39 is 0 Å². The lowest BCUT2D eigenvalue weighted by molar-refractivity contribution is 0.870. The highest BCUT2D eigenvalue weighted by Gasteiger charge is 2.26. The van der Waals surface area contributed by atoms with E-state index in [0.29, 0.717) is 0 Å². The van der Waals surface area contributed by atoms with Crippen LogP contribution in [0, 0.1) is 0 Å². The first-order valence-corrected chi connectivity index (χ1v) is 15.0. The van der Waals surface area contributed by atoms with Crippen molar-refractivity contribution < 1.29 is 0 Å². The quantitative estimate of drug-likeness (QED) is 0.207. The molecular formula is C38H24N4S. The molecule has 202 valence electrons. The Bertz CT molecular complexity index is 2210. The van der Waals surface area contributed by atoms with Crippen LogP contribution in [0.25, 0.3) is 76.1 Å². The Morgan fingerprint density at radius 3 is 1.84 bits per heavy atom. The molecule has 0 unspecified atom stereocenters. The van der Waals surface area contributed by atoms with E-state index in [2.05, 4.69) is 131 Å². The lowest BCUT2D eigenvalue weighted by Gasteiger charge is -2.21. The van der Waals surface area contributed by atoms with Crippen LogP contribution < -0.4 is 0 Å². The molecule has 0 spiro atoms. The van der Waals surface area contributed by atoms with Crippen LogP contribution in [0.4, 0.5) is 0 Å². The Morgan fingerprint density at radius 1 is 0.488 bits per heavy atom. The number of hydrogen-bond donors (Lipinski definition) is 0. The number of fused-ring (bicyclic) bond motifs is 3. The van der Waals surface area contributed by atoms with E-state index in [1.807, 2.05) is 35.7 Å². The van der Waals surface area contributed by atoms with E-state index in [4.69, 9.17) is 4.98 Å². The summed E-state index contributed by atoms with van der Waals surface area (Å²) in [5, 5.41) is 15.1. The van der Waals surface area contributed by atoms with Crippen molar-refractivity contribution in [2.75, 3.05) is 0 Å². The first-order chi connectivity index (χ1) is 21.4. The predicted octanol–water partition coefficient (Wildman–Crippen LogP) is 9.97. The van der Waals surface area contributed by atoms with Crippen LogP contribution in [0.2, 0.25) is 0 Å². The summed E-state index contributed by atoms with van der Waals surface area (Å²) in [4.78, 5) is 5.33. The van der Waals surface area contributed by atoms with Crippen molar-refractivity contribution >= 4 is 31.5 Å². The van der Waals surface area contributed by atoms with Gasteiger partial charge in [0.2, 0.25) is 0 Å². The van der Waals surface area contributed by atoms with Crippen LogP contribution in [0.3, 0.4) is 0 Å². The fraction of sp³-hybridized carbons (Fsp3) is 0. The highest BCUT2D eigenvalue weighted by atomic mass is 32.1. The van der Waals surface area contributed by atoms with Crippen LogP contribution in [0.1, 0.15) is 0 Å². The molecule has 43 heavy (non-hydrogen) atoms. The van der Waals surface area contributed by atoms with Gasteiger partial charge in [0.15, 0.2) is 0 Å². The summed E-state index contributed by atoms with van der Waals surface area (Å²) >= 11 is 1.81. The summed E-state index contributed by atoms with van der Waals surface area (Å²) in [7, 11) is 0. The highest BCUT2D eigenvalue weighted by Crippen LogP contribution is 2.50. The highest BCUT2D eigenvalue weighted by molar-refractivity contribution is 7.26. The average molecular weight is 569 g/mol. The molecule has 5 heteroatoms. The van der Waals surface area contributed by atoms with Gasteiger partial charge in [-0.1, -0.05) is 115 Å². The second-order valence-electron chi connectivity index (χ2n) is 10.3. The van der Waals surface area contributed by atoms with Crippen LogP contribution in [-0.4, -0.2) is 20.4 Å². The number of aromatic nitrogens is 4. The maximum absolute atomic E-state index is 5.33. The third-order valence-electron chi connectivity index (χ3n) is 7.85. The van der Waals surface area contributed by atoms with Crippen molar-refractivity contribution in [2.24, 2.45) is 0 Å². The smallest absolute Gasteiger partial charge is 0.0991 e. The van der Waals surface area contributed by atoms with E-state index in [1.165, 1.54) is 20.2 Å². The number of pyridine rings is 1. The van der Waals surface area contributed by atoms with Crippen LogP contribution >= 0.6 is 11.3 Å². The summed E-state index contributed by atoms with van der Waals surface area (Å²) in [5.41, 5.74) is 10.1. The van der Waals surface area contributed by atoms with Gasteiger partial charge >= 0.3 is 0 Å². The summed E-state index contributed by atoms with van der Waals surface area (Å²) in [5.74, 6) is 0. The van der Waals surface area contributed by atoms with Gasteiger partial charge in [0, 0.05) is 48.6 Å². The molecular weight excluding hydrogens is 545 g/mol. The largest absolute Gasteiger partial charge is 0.255 e. The van der Waals surface area contributed by atoms with Gasteiger partial charge in [0.1, 0.15) is 0 Å². The van der Waals surface area contributed by atoms with E-state index in [0.717, 1.165) is 55.9 Å². The molecule has 8 aromatic rings. The van der Waals surface area contributed by atoms with Crippen LogP contribution in [0.15, 0.2) is 146 Å². The molecule has 0 saturated carbocycles. The second kappa shape index (κ2) is 10.7. The molecule has 5 aromatic carbocycles. The molecule has 0 radical (unpaired) electrons. The Morgan fingerprint density at radius 2 is 1.14 bits per heavy atom. The van der Waals surface area contributed by atoms with Crippen molar-refractivity contribution in [3.8, 4) is 55.9 Å². The number of hydrogen-bond acceptors (Lipinski definition) is 5. The molecule has 0 amide bonds. The number of benzene rings is 5. The molecule has 0 aliphatic heterocycles. The third-order valence-corrected chi connectivity index (χ3v) is 8.99. The van der Waals surface area contributed by atoms with E-state index in [-0.39, 0.29) is 0 Å². The Balaban J connectivity index is 1.58. The molecule has 0 fully saturated rings. The second-order valence-corrected chi connectivity index (χ2v) is 11.4. The Kier molecular flexibility index (Phi) is 6.28. The molecule has 8 rings (SSSR count). The summed E-state index contributed by atoms with van der Waals surface area (Å²) in [6.45, 7) is 0. The minimum Gasteiger partial charge on any atom is -0.255 e. The van der Waals surface area contributed by atoms with Crippen LogP contribution in [-0.2, 0) is 0 Å². The van der Waals surface area contributed by atoms with Gasteiger partial charge in [-0.2, -0.15) is 0 Å². The first kappa shape index (κ1) is 25.2. The molecule has 0 aliphatic carbocycles. The van der Waals surface area contributed by atoms with Crippen molar-refractivity contribution in [1.29, 1.82) is 0 Å². The van der Waals surface area contributed by atoms with Gasteiger partial charge in [-0.15, -0.1) is 21.5 Å². The molecule has 3 aromatic heterocycles. The molecule has 0 saturated heterocycles. The summed E-state index contributed by atoms with van der Waals surface area (Å²) in [6.07, 6.45) is 3.72. The van der Waals surface area contributed by atoms with Gasteiger partial charge in [0.25, 0.3) is 0 Å². The molecule has 0 N–H and O–H groups in total. The molecule has 0 aliphatic rings. The summed E-state index contributed by atoms with van der Waals surface area (Å²) in [6, 6.07) is 46.6. The molecule has 4 nitrogen and oxygen atoms in total. The number of nitrogens with zero attached hydrogens (tertiary/aromatic N) is 4. The first-order valence-electron chi connectivity index (χ1n) is 14.2. The van der Waals surface area contributed by atoms with Crippen LogP contribution in [0.5, 0.6) is 0 Å². The zero-order valence-electron chi connectivity index (χ0n) is 23.1. The van der Waals surface area contributed by atoms with Gasteiger partial charge in [0.05, 0.1) is 17.6 Å². The zero-order chi connectivity index (χ0) is 28.6. The number of rotatable bonds is 5. The monoisotopic (exact) mass is 568 g/mol. The molecule has 0 atom stereocenters. The van der Waals surface area contributed by atoms with Gasteiger partial charge in [-0.05, 0) is 45.7 Å². The SMILES string of the molecule is c1ccc(-c2cnc(-c3c(-c4ccccc4)ccc4sc5ccccc5c34)c(-c3ccnnn3)c2-c2ccccc2)cc1. The molecule has 0 bridgehead atoms. The van der Waals surface area contributed by atoms with E-state index in [9.17, 15) is 0 Å². The van der Waals surface area contributed by atoms with E-state index in [1.54, 1.807) is 6.20 Å². The topological polar surface area (TPSA) is 51.6 Å². The molecule has 3 heterocycles. The normalized spacial score (nSPS) is 11.3. The minimum absolute atomic E-state index is 0.727. The van der Waals surface area contributed by atoms with Crippen molar-refractivity contribution in [3.05, 3.63) is 146 Å². The zero-order valence-corrected chi connectivity index (χ0v) is 23.9. The summed E-state index contributed by atoms with van der Waals surface area (Å²) < 4.78 is 2.47. The van der Waals surface area contributed by atoms with Crippen molar-refractivity contribution in [2.45, 2.75) is 0 Å². The lowest BCUT2D eigenvalue weighted by atomic mass is 9.85. The maximum Gasteiger partial charge on any atom is 0.0991 e. The fourth-order valence-electron chi connectivity index (χ4n) is 5.99. The Hall–Kier alpha value is -5.52. The third kappa shape index (κ3) is 4.38. The van der Waals surface area contributed by atoms with Crippen molar-refractivity contribution in [1.82, 2.24) is 20.4 Å². The van der Waals surface area contributed by atoms with Gasteiger partial charge in [-0.25, -0.2) is 0 Å². The maximum atomic E-state index is 5.33. The standard InChI is InChI=1S/C38H24N4S/c1-4-12-25(13-5-1)28-20-21-33-35(29-18-10-11-19-32(29)43-33)36(28)38-37(31-22-23-40-42-41-31)34(27-16-8-3-9-17-27)30(24-39-38)26-14-6-2-7-15-26/h1-24H. The minimum atomic E-state index is 0.727. The predicted molar refractivity (Wildman–Crippen MR) is 178 cm³/mol. The van der Waals surface area contributed by atoms with E-state index >= 15 is 0 Å². The number of thiophene rings is 1. The fourth-order valence-corrected chi connectivity index (χ4v) is 7.10. The van der Waals surface area contributed by atoms with Gasteiger partial charge in [-0.3, -0.25) is 4.98 Å². The Labute approximate surface area is 253 Å².